The first kappa shape index (κ1) is 15.8. The van der Waals surface area contributed by atoms with Crippen LogP contribution in [0, 0.1) is 6.92 Å². The van der Waals surface area contributed by atoms with Gasteiger partial charge in [0.1, 0.15) is 10.8 Å². The van der Waals surface area contributed by atoms with Crippen LogP contribution in [-0.4, -0.2) is 17.5 Å². The predicted octanol–water partition coefficient (Wildman–Crippen LogP) is 4.23. The minimum Gasteiger partial charge on any atom is -0.493 e. The fourth-order valence-corrected chi connectivity index (χ4v) is 3.72. The molecule has 0 atom stereocenters. The maximum Gasteiger partial charge on any atom is 0.231 e. The predicted molar refractivity (Wildman–Crippen MR) is 100 cm³/mol. The molecule has 2 heterocycles. The molecule has 4 rings (SSSR count). The van der Waals surface area contributed by atoms with Crippen LogP contribution in [-0.2, 0) is 17.6 Å². The number of aromatic nitrogens is 1. The number of carbonyl (C=O) groups excluding carboxylic acids is 1. The number of hydrogen-bond donors (Lipinski definition) is 1. The van der Waals surface area contributed by atoms with Gasteiger partial charge in [-0.3, -0.25) is 4.79 Å². The highest BCUT2D eigenvalue weighted by atomic mass is 32.1. The van der Waals surface area contributed by atoms with Crippen molar-refractivity contribution < 1.29 is 9.53 Å². The van der Waals surface area contributed by atoms with E-state index >= 15 is 0 Å². The van der Waals surface area contributed by atoms with Crippen LogP contribution in [0.15, 0.2) is 47.8 Å². The van der Waals surface area contributed by atoms with Crippen molar-refractivity contribution in [2.45, 2.75) is 19.8 Å². The third kappa shape index (κ3) is 3.42. The molecule has 0 bridgehead atoms. The Hall–Kier alpha value is -2.66. The van der Waals surface area contributed by atoms with E-state index in [0.717, 1.165) is 46.3 Å². The van der Waals surface area contributed by atoms with Crippen molar-refractivity contribution in [3.63, 3.8) is 0 Å². The van der Waals surface area contributed by atoms with Crippen molar-refractivity contribution in [2.24, 2.45) is 0 Å². The van der Waals surface area contributed by atoms with Crippen LogP contribution in [0.2, 0.25) is 0 Å². The van der Waals surface area contributed by atoms with Crippen LogP contribution in [0.1, 0.15) is 16.1 Å². The summed E-state index contributed by atoms with van der Waals surface area (Å²) in [5, 5.41) is 5.78. The van der Waals surface area contributed by atoms with Gasteiger partial charge in [0.2, 0.25) is 5.91 Å². The third-order valence-electron chi connectivity index (χ3n) is 4.27. The first-order valence-corrected chi connectivity index (χ1v) is 9.13. The van der Waals surface area contributed by atoms with Crippen LogP contribution in [0.4, 0.5) is 5.69 Å². The number of ether oxygens (including phenoxy) is 1. The van der Waals surface area contributed by atoms with Crippen molar-refractivity contribution in [3.05, 3.63) is 64.0 Å². The number of carbonyl (C=O) groups is 1. The van der Waals surface area contributed by atoms with Gasteiger partial charge >= 0.3 is 0 Å². The molecule has 0 saturated heterocycles. The number of amides is 1. The summed E-state index contributed by atoms with van der Waals surface area (Å²) in [5.41, 5.74) is 5.12. The monoisotopic (exact) mass is 350 g/mol. The fraction of sp³-hybridized carbons (Fsp3) is 0.200. The van der Waals surface area contributed by atoms with E-state index in [-0.39, 0.29) is 12.3 Å². The molecule has 25 heavy (non-hydrogen) atoms. The lowest BCUT2D eigenvalue weighted by Gasteiger charge is -2.06. The molecule has 126 valence electrons. The number of nitrogens with one attached hydrogen (secondary N) is 1. The van der Waals surface area contributed by atoms with E-state index in [0.29, 0.717) is 0 Å². The Morgan fingerprint density at radius 1 is 1.28 bits per heavy atom. The van der Waals surface area contributed by atoms with Crippen LogP contribution >= 0.6 is 11.3 Å². The maximum absolute atomic E-state index is 12.3. The molecule has 0 fully saturated rings. The van der Waals surface area contributed by atoms with Crippen LogP contribution < -0.4 is 10.1 Å². The van der Waals surface area contributed by atoms with Crippen LogP contribution in [0.5, 0.6) is 5.75 Å². The van der Waals surface area contributed by atoms with Gasteiger partial charge in [0.15, 0.2) is 0 Å². The van der Waals surface area contributed by atoms with Gasteiger partial charge in [-0.1, -0.05) is 18.2 Å². The standard InChI is InChI=1S/C20H18N2O2S/c1-13-4-2-3-5-16(13)21-19(23)11-20-22-17(12-25-20)14-6-7-18-15(10-14)8-9-24-18/h2-7,10,12H,8-9,11H2,1H3,(H,21,23). The molecular weight excluding hydrogens is 332 g/mol. The minimum absolute atomic E-state index is 0.0439. The molecule has 3 aromatic rings. The van der Waals surface area contributed by atoms with E-state index in [4.69, 9.17) is 4.74 Å². The Kier molecular flexibility index (Phi) is 4.24. The van der Waals surface area contributed by atoms with Crippen LogP contribution in [0.25, 0.3) is 11.3 Å². The van der Waals surface area contributed by atoms with E-state index in [2.05, 4.69) is 16.4 Å². The second-order valence-electron chi connectivity index (χ2n) is 6.09. The van der Waals surface area contributed by atoms with Gasteiger partial charge in [-0.15, -0.1) is 11.3 Å². The smallest absolute Gasteiger partial charge is 0.231 e. The average molecular weight is 350 g/mol. The number of para-hydroxylation sites is 1. The van der Waals surface area contributed by atoms with E-state index in [9.17, 15) is 4.79 Å². The van der Waals surface area contributed by atoms with Gasteiger partial charge in [-0.25, -0.2) is 4.98 Å². The Balaban J connectivity index is 1.46. The lowest BCUT2D eigenvalue weighted by molar-refractivity contribution is -0.115. The summed E-state index contributed by atoms with van der Waals surface area (Å²) in [6.07, 6.45) is 1.23. The van der Waals surface area contributed by atoms with E-state index in [1.54, 1.807) is 0 Å². The Morgan fingerprint density at radius 2 is 2.16 bits per heavy atom. The number of hydrogen-bond acceptors (Lipinski definition) is 4. The van der Waals surface area contributed by atoms with Gasteiger partial charge in [0.25, 0.3) is 0 Å². The summed E-state index contributed by atoms with van der Waals surface area (Å²) < 4.78 is 5.54. The Labute approximate surface area is 150 Å². The molecule has 0 unspecified atom stereocenters. The molecule has 1 N–H and O–H groups in total. The molecular formula is C20H18N2O2S. The number of aryl methyl sites for hydroxylation is 1. The van der Waals surface area contributed by atoms with Crippen molar-refractivity contribution >= 4 is 22.9 Å². The van der Waals surface area contributed by atoms with Crippen molar-refractivity contribution in [3.8, 4) is 17.0 Å². The van der Waals surface area contributed by atoms with E-state index in [1.807, 2.05) is 48.7 Å². The molecule has 1 aromatic heterocycles. The summed E-state index contributed by atoms with van der Waals surface area (Å²) in [7, 11) is 0. The third-order valence-corrected chi connectivity index (χ3v) is 5.12. The summed E-state index contributed by atoms with van der Waals surface area (Å²) in [6.45, 7) is 2.73. The largest absolute Gasteiger partial charge is 0.493 e. The molecule has 0 radical (unpaired) electrons. The fourth-order valence-electron chi connectivity index (χ4n) is 2.92. The SMILES string of the molecule is Cc1ccccc1NC(=O)Cc1nc(-c2ccc3c(c2)CCO3)cs1. The van der Waals surface area contributed by atoms with Crippen molar-refractivity contribution in [1.29, 1.82) is 0 Å². The van der Waals surface area contributed by atoms with Crippen molar-refractivity contribution in [2.75, 3.05) is 11.9 Å². The first-order valence-electron chi connectivity index (χ1n) is 8.25. The minimum atomic E-state index is -0.0439. The highest BCUT2D eigenvalue weighted by Gasteiger charge is 2.15. The quantitative estimate of drug-likeness (QED) is 0.766. The molecule has 0 saturated carbocycles. The molecule has 1 aliphatic heterocycles. The topological polar surface area (TPSA) is 51.2 Å². The molecule has 0 spiro atoms. The first-order chi connectivity index (χ1) is 12.2. The van der Waals surface area contributed by atoms with E-state index in [1.165, 1.54) is 16.9 Å². The van der Waals surface area contributed by atoms with E-state index < -0.39 is 0 Å². The Morgan fingerprint density at radius 3 is 3.04 bits per heavy atom. The number of rotatable bonds is 4. The second kappa shape index (κ2) is 6.69. The van der Waals surface area contributed by atoms with Gasteiger partial charge in [0.05, 0.1) is 18.7 Å². The highest BCUT2D eigenvalue weighted by molar-refractivity contribution is 7.10. The average Bonchev–Trinajstić information content (AvgIpc) is 3.25. The molecule has 2 aromatic carbocycles. The summed E-state index contributed by atoms with van der Waals surface area (Å²) >= 11 is 1.52. The van der Waals surface area contributed by atoms with Gasteiger partial charge in [-0.2, -0.15) is 0 Å². The van der Waals surface area contributed by atoms with Gasteiger partial charge < -0.3 is 10.1 Å². The zero-order valence-corrected chi connectivity index (χ0v) is 14.7. The molecule has 1 aliphatic rings. The zero-order chi connectivity index (χ0) is 17.2. The molecule has 0 aliphatic carbocycles. The maximum atomic E-state index is 12.3. The van der Waals surface area contributed by atoms with Gasteiger partial charge in [0, 0.05) is 23.1 Å². The van der Waals surface area contributed by atoms with Crippen LogP contribution in [0.3, 0.4) is 0 Å². The Bertz CT molecular complexity index is 933. The van der Waals surface area contributed by atoms with Gasteiger partial charge in [-0.05, 0) is 42.3 Å². The number of fused-ring (bicyclic) bond motifs is 1. The number of anilines is 1. The lowest BCUT2D eigenvalue weighted by Crippen LogP contribution is -2.14. The van der Waals surface area contributed by atoms with Crippen molar-refractivity contribution in [1.82, 2.24) is 4.98 Å². The highest BCUT2D eigenvalue weighted by Crippen LogP contribution is 2.31. The summed E-state index contributed by atoms with van der Waals surface area (Å²) in [6, 6.07) is 13.9. The molecule has 5 heteroatoms. The zero-order valence-electron chi connectivity index (χ0n) is 13.9. The lowest BCUT2D eigenvalue weighted by atomic mass is 10.1. The normalized spacial score (nSPS) is 12.5. The molecule has 4 nitrogen and oxygen atoms in total. The number of nitrogens with zero attached hydrogens (tertiary/aromatic N) is 1. The number of benzene rings is 2. The number of thiazole rings is 1. The summed E-state index contributed by atoms with van der Waals surface area (Å²) in [5.74, 6) is 0.925. The molecule has 1 amide bonds. The summed E-state index contributed by atoms with van der Waals surface area (Å²) in [4.78, 5) is 16.9. The second-order valence-corrected chi connectivity index (χ2v) is 7.03.